The fourth-order valence-electron chi connectivity index (χ4n) is 5.74. The fourth-order valence-corrected chi connectivity index (χ4v) is 6.97. The number of nitrogens with one attached hydrogen (secondary N) is 2. The lowest BCUT2D eigenvalue weighted by Gasteiger charge is -2.50. The van der Waals surface area contributed by atoms with Crippen molar-refractivity contribution in [2.75, 3.05) is 5.32 Å². The number of nitrogens with zero attached hydrogens (tertiary/aromatic N) is 2. The number of aromatic nitrogens is 1. The van der Waals surface area contributed by atoms with Gasteiger partial charge in [0.2, 0.25) is 11.8 Å². The molecule has 2 aliphatic heterocycles. The zero-order valence-corrected chi connectivity index (χ0v) is 24.2. The summed E-state index contributed by atoms with van der Waals surface area (Å²) in [6.45, 7) is 0. The van der Waals surface area contributed by atoms with E-state index in [1.807, 2.05) is 17.5 Å². The normalized spacial score (nSPS) is 20.3. The van der Waals surface area contributed by atoms with Crippen molar-refractivity contribution in [3.63, 3.8) is 0 Å². The molecule has 2 unspecified atom stereocenters. The Balaban J connectivity index is 1.25. The molecule has 0 radical (unpaired) electrons. The summed E-state index contributed by atoms with van der Waals surface area (Å²) in [5.74, 6) is -2.20. The van der Waals surface area contributed by atoms with Gasteiger partial charge in [-0.2, -0.15) is 0 Å². The molecule has 1 aromatic carbocycles. The number of hydrogen-bond acceptors (Lipinski definition) is 6. The van der Waals surface area contributed by atoms with Gasteiger partial charge in [0.1, 0.15) is 12.1 Å². The number of carbonyl (C=O) groups is 4. The van der Waals surface area contributed by atoms with Gasteiger partial charge in [-0.25, -0.2) is 4.79 Å². The highest BCUT2D eigenvalue weighted by molar-refractivity contribution is 7.10. The minimum atomic E-state index is -1.19. The van der Waals surface area contributed by atoms with Crippen LogP contribution in [-0.2, 0) is 27.2 Å². The number of carboxylic acids is 1. The Morgan fingerprint density at radius 1 is 1.02 bits per heavy atom. The third-order valence-corrected chi connectivity index (χ3v) is 9.14. The predicted molar refractivity (Wildman–Crippen MR) is 156 cm³/mol. The zero-order chi connectivity index (χ0) is 29.1. The van der Waals surface area contributed by atoms with Crippen LogP contribution in [0.25, 0.3) is 0 Å². The molecule has 2 saturated heterocycles. The number of carbonyl (C=O) groups excluding carboxylic acids is 3. The topological polar surface area (TPSA) is 129 Å². The quantitative estimate of drug-likeness (QED) is 0.317. The van der Waals surface area contributed by atoms with E-state index in [0.29, 0.717) is 11.3 Å². The molecule has 4 heterocycles. The van der Waals surface area contributed by atoms with Crippen LogP contribution in [0, 0.1) is 5.92 Å². The van der Waals surface area contributed by atoms with Crippen LogP contribution in [0.2, 0.25) is 10.0 Å². The highest BCUT2D eigenvalue weighted by Gasteiger charge is 2.47. The first-order valence-corrected chi connectivity index (χ1v) is 14.9. The maximum Gasteiger partial charge on any atom is 0.326 e. The molecule has 1 aliphatic carbocycles. The van der Waals surface area contributed by atoms with E-state index < -0.39 is 29.9 Å². The SMILES string of the molecule is O=C(Nc1ccc(CC(NC(=O)C2C3CCC(CC3)N2C(=O)Cc2cccs2)C(=O)O)cc1)c1c(Cl)cncc1Cl. The van der Waals surface area contributed by atoms with Crippen molar-refractivity contribution in [2.45, 2.75) is 56.7 Å². The molecule has 214 valence electrons. The highest BCUT2D eigenvalue weighted by Crippen LogP contribution is 2.40. The fraction of sp³-hybridized carbons (Fsp3) is 0.345. The number of pyridine rings is 1. The van der Waals surface area contributed by atoms with Crippen molar-refractivity contribution in [1.29, 1.82) is 0 Å². The molecule has 3 aliphatic rings. The van der Waals surface area contributed by atoms with E-state index in [1.165, 1.54) is 23.7 Å². The summed E-state index contributed by atoms with van der Waals surface area (Å²) in [5.41, 5.74) is 1.20. The third kappa shape index (κ3) is 6.55. The molecule has 3 fully saturated rings. The maximum atomic E-state index is 13.5. The van der Waals surface area contributed by atoms with E-state index in [1.54, 1.807) is 29.2 Å². The monoisotopic (exact) mass is 614 g/mol. The summed E-state index contributed by atoms with van der Waals surface area (Å²) >= 11 is 13.6. The van der Waals surface area contributed by atoms with Crippen LogP contribution in [0.3, 0.4) is 0 Å². The number of halogens is 2. The summed E-state index contributed by atoms with van der Waals surface area (Å²) in [7, 11) is 0. The molecule has 9 nitrogen and oxygen atoms in total. The summed E-state index contributed by atoms with van der Waals surface area (Å²) in [5, 5.41) is 17.5. The number of hydrogen-bond donors (Lipinski definition) is 3. The number of fused-ring (bicyclic) bond motifs is 3. The average molecular weight is 616 g/mol. The Hall–Kier alpha value is -3.47. The molecule has 3 aromatic rings. The largest absolute Gasteiger partial charge is 0.480 e. The van der Waals surface area contributed by atoms with Gasteiger partial charge in [0.15, 0.2) is 0 Å². The molecule has 3 amide bonds. The Morgan fingerprint density at radius 2 is 1.71 bits per heavy atom. The van der Waals surface area contributed by atoms with E-state index in [0.717, 1.165) is 30.6 Å². The summed E-state index contributed by atoms with van der Waals surface area (Å²) in [6.07, 6.45) is 6.30. The molecule has 2 bridgehead atoms. The number of anilines is 1. The Bertz CT molecular complexity index is 1420. The summed E-state index contributed by atoms with van der Waals surface area (Å²) < 4.78 is 0. The number of thiophene rings is 1. The second-order valence-electron chi connectivity index (χ2n) is 10.3. The number of carboxylic acid groups (broad SMARTS) is 1. The van der Waals surface area contributed by atoms with Gasteiger partial charge in [0.05, 0.1) is 22.0 Å². The molecule has 12 heteroatoms. The van der Waals surface area contributed by atoms with Crippen molar-refractivity contribution in [3.05, 3.63) is 80.2 Å². The van der Waals surface area contributed by atoms with Gasteiger partial charge in [-0.15, -0.1) is 11.3 Å². The van der Waals surface area contributed by atoms with Crippen molar-refractivity contribution >= 4 is 63.9 Å². The van der Waals surface area contributed by atoms with Crippen LogP contribution in [0.15, 0.2) is 54.2 Å². The van der Waals surface area contributed by atoms with Crippen LogP contribution < -0.4 is 10.6 Å². The minimum absolute atomic E-state index is 0.00651. The van der Waals surface area contributed by atoms with Gasteiger partial charge in [-0.3, -0.25) is 19.4 Å². The number of aliphatic carboxylic acids is 1. The minimum Gasteiger partial charge on any atom is -0.480 e. The first-order chi connectivity index (χ1) is 19.7. The molecule has 2 atom stereocenters. The highest BCUT2D eigenvalue weighted by atomic mass is 35.5. The lowest BCUT2D eigenvalue weighted by molar-refractivity contribution is -0.154. The number of benzene rings is 1. The van der Waals surface area contributed by atoms with E-state index in [9.17, 15) is 24.3 Å². The molecule has 6 rings (SSSR count). The Morgan fingerprint density at radius 3 is 2.32 bits per heavy atom. The van der Waals surface area contributed by atoms with E-state index in [-0.39, 0.29) is 46.3 Å². The van der Waals surface area contributed by atoms with Crippen LogP contribution in [0.1, 0.15) is 46.5 Å². The summed E-state index contributed by atoms with van der Waals surface area (Å²) in [4.78, 5) is 58.1. The molecule has 0 spiro atoms. The smallest absolute Gasteiger partial charge is 0.326 e. The molecule has 1 saturated carbocycles. The lowest BCUT2D eigenvalue weighted by Crippen LogP contribution is -2.64. The van der Waals surface area contributed by atoms with Crippen molar-refractivity contribution in [2.24, 2.45) is 5.92 Å². The van der Waals surface area contributed by atoms with Gasteiger partial charge in [0.25, 0.3) is 5.91 Å². The molecule has 41 heavy (non-hydrogen) atoms. The van der Waals surface area contributed by atoms with E-state index in [4.69, 9.17) is 23.2 Å². The number of piperidine rings is 2. The summed E-state index contributed by atoms with van der Waals surface area (Å²) in [6, 6.07) is 8.52. The van der Waals surface area contributed by atoms with E-state index >= 15 is 0 Å². The van der Waals surface area contributed by atoms with Crippen LogP contribution in [0.4, 0.5) is 5.69 Å². The zero-order valence-electron chi connectivity index (χ0n) is 21.9. The van der Waals surface area contributed by atoms with Crippen molar-refractivity contribution in [3.8, 4) is 0 Å². The van der Waals surface area contributed by atoms with Crippen molar-refractivity contribution in [1.82, 2.24) is 15.2 Å². The Labute approximate surface area is 250 Å². The predicted octanol–water partition coefficient (Wildman–Crippen LogP) is 4.83. The van der Waals surface area contributed by atoms with E-state index in [2.05, 4.69) is 15.6 Å². The van der Waals surface area contributed by atoms with Gasteiger partial charge < -0.3 is 20.6 Å². The molecule has 2 aromatic heterocycles. The Kier molecular flexibility index (Phi) is 8.91. The van der Waals surface area contributed by atoms with Crippen LogP contribution in [0.5, 0.6) is 0 Å². The number of rotatable bonds is 9. The van der Waals surface area contributed by atoms with Gasteiger partial charge in [-0.05, 0) is 60.7 Å². The molecular formula is C29H28Cl2N4O5S. The lowest BCUT2D eigenvalue weighted by atomic mass is 9.74. The maximum absolute atomic E-state index is 13.5. The van der Waals surface area contributed by atoms with Crippen LogP contribution in [-0.4, -0.2) is 56.8 Å². The first kappa shape index (κ1) is 29.0. The van der Waals surface area contributed by atoms with Gasteiger partial charge in [0, 0.05) is 35.4 Å². The average Bonchev–Trinajstić information content (AvgIpc) is 3.46. The standard InChI is InChI=1S/C29H28Cl2N4O5S/c30-21-14-32-15-22(31)25(21)27(37)33-18-7-3-16(4-8-18)12-23(29(39)40)34-28(38)26-17-5-9-19(10-6-17)35(26)24(36)13-20-2-1-11-41-20/h1-4,7-8,11,14-15,17,19,23,26H,5-6,9-10,12-13H2,(H,33,37)(H,34,38)(H,39,40). The second-order valence-corrected chi connectivity index (χ2v) is 12.1. The van der Waals surface area contributed by atoms with Gasteiger partial charge in [-0.1, -0.05) is 41.4 Å². The third-order valence-electron chi connectivity index (χ3n) is 7.69. The number of amides is 3. The second kappa shape index (κ2) is 12.6. The molecule has 3 N–H and O–H groups in total. The van der Waals surface area contributed by atoms with Crippen molar-refractivity contribution < 1.29 is 24.3 Å². The van der Waals surface area contributed by atoms with Gasteiger partial charge >= 0.3 is 5.97 Å². The van der Waals surface area contributed by atoms with Crippen LogP contribution >= 0.6 is 34.5 Å². The molecular weight excluding hydrogens is 587 g/mol. The first-order valence-electron chi connectivity index (χ1n) is 13.3.